The van der Waals surface area contributed by atoms with E-state index in [9.17, 15) is 9.59 Å². The number of hydrogen-bond donors (Lipinski definition) is 2. The van der Waals surface area contributed by atoms with Crippen molar-refractivity contribution in [1.29, 1.82) is 0 Å². The lowest BCUT2D eigenvalue weighted by Gasteiger charge is -2.06. The summed E-state index contributed by atoms with van der Waals surface area (Å²) in [6.07, 6.45) is 3.00. The molecule has 2 N–H and O–H groups in total. The van der Waals surface area contributed by atoms with Gasteiger partial charge < -0.3 is 10.4 Å². The molecule has 96 valence electrons. The highest BCUT2D eigenvalue weighted by Gasteiger charge is 2.11. The maximum atomic E-state index is 11.8. The Bertz CT molecular complexity index is 629. The lowest BCUT2D eigenvalue weighted by Crippen LogP contribution is -2.12. The van der Waals surface area contributed by atoms with Crippen LogP contribution >= 0.6 is 11.6 Å². The Morgan fingerprint density at radius 1 is 1.26 bits per heavy atom. The summed E-state index contributed by atoms with van der Waals surface area (Å²) < 4.78 is 0. The van der Waals surface area contributed by atoms with Crippen LogP contribution in [0, 0.1) is 0 Å². The number of halogens is 1. The molecule has 2 aromatic rings. The van der Waals surface area contributed by atoms with Crippen molar-refractivity contribution in [2.45, 2.75) is 0 Å². The first-order valence-corrected chi connectivity index (χ1v) is 5.70. The third kappa shape index (κ3) is 3.08. The molecule has 1 amide bonds. The molecular weight excluding hydrogens is 268 g/mol. The van der Waals surface area contributed by atoms with Gasteiger partial charge in [0.1, 0.15) is 0 Å². The summed E-state index contributed by atoms with van der Waals surface area (Å²) in [5.41, 5.74) is 0.811. The molecule has 5 nitrogen and oxygen atoms in total. The Labute approximate surface area is 113 Å². The fourth-order valence-corrected chi connectivity index (χ4v) is 1.73. The van der Waals surface area contributed by atoms with Gasteiger partial charge in [-0.1, -0.05) is 11.6 Å². The largest absolute Gasteiger partial charge is 0.478 e. The molecule has 0 spiro atoms. The molecule has 1 aromatic carbocycles. The minimum Gasteiger partial charge on any atom is -0.478 e. The number of pyridine rings is 1. The summed E-state index contributed by atoms with van der Waals surface area (Å²) in [6.45, 7) is 0. The predicted molar refractivity (Wildman–Crippen MR) is 70.6 cm³/mol. The molecule has 0 aliphatic heterocycles. The smallest absolute Gasteiger partial charge is 0.337 e. The monoisotopic (exact) mass is 276 g/mol. The highest BCUT2D eigenvalue weighted by Crippen LogP contribution is 2.21. The van der Waals surface area contributed by atoms with Crippen LogP contribution in [0.5, 0.6) is 0 Å². The number of nitrogens with one attached hydrogen (secondary N) is 1. The number of carbonyl (C=O) groups excluding carboxylic acids is 1. The van der Waals surface area contributed by atoms with E-state index in [-0.39, 0.29) is 16.5 Å². The van der Waals surface area contributed by atoms with E-state index in [4.69, 9.17) is 16.7 Å². The van der Waals surface area contributed by atoms with Gasteiger partial charge >= 0.3 is 5.97 Å². The molecule has 0 atom stereocenters. The quantitative estimate of drug-likeness (QED) is 0.903. The molecule has 0 unspecified atom stereocenters. The molecular formula is C13H9ClN2O3. The van der Waals surface area contributed by atoms with Crippen molar-refractivity contribution in [2.75, 3.05) is 5.32 Å². The molecule has 0 saturated heterocycles. The normalized spacial score (nSPS) is 9.95. The average Bonchev–Trinajstić information content (AvgIpc) is 2.39. The number of hydrogen-bond acceptors (Lipinski definition) is 3. The number of nitrogens with zero attached hydrogens (tertiary/aromatic N) is 1. The van der Waals surface area contributed by atoms with Gasteiger partial charge in [-0.15, -0.1) is 0 Å². The van der Waals surface area contributed by atoms with E-state index in [0.29, 0.717) is 11.3 Å². The van der Waals surface area contributed by atoms with Crippen molar-refractivity contribution < 1.29 is 14.7 Å². The first-order valence-electron chi connectivity index (χ1n) is 5.32. The third-order valence-electron chi connectivity index (χ3n) is 2.38. The standard InChI is InChI=1S/C13H9ClN2O3/c14-11-6-9(3-4-10(11)13(18)19)16-12(17)8-2-1-5-15-7-8/h1-7H,(H,16,17)(H,18,19). The molecule has 1 aromatic heterocycles. The molecule has 0 aliphatic carbocycles. The zero-order chi connectivity index (χ0) is 13.8. The fraction of sp³-hybridized carbons (Fsp3) is 0. The number of aromatic nitrogens is 1. The summed E-state index contributed by atoms with van der Waals surface area (Å²) in [5, 5.41) is 11.5. The van der Waals surface area contributed by atoms with Gasteiger partial charge in [0, 0.05) is 18.1 Å². The van der Waals surface area contributed by atoms with E-state index in [2.05, 4.69) is 10.3 Å². The molecule has 0 radical (unpaired) electrons. The number of rotatable bonds is 3. The Morgan fingerprint density at radius 2 is 2.05 bits per heavy atom. The molecule has 0 saturated carbocycles. The first-order chi connectivity index (χ1) is 9.08. The zero-order valence-corrected chi connectivity index (χ0v) is 10.4. The average molecular weight is 277 g/mol. The van der Waals surface area contributed by atoms with Crippen LogP contribution in [0.15, 0.2) is 42.7 Å². The van der Waals surface area contributed by atoms with Crippen molar-refractivity contribution in [3.63, 3.8) is 0 Å². The van der Waals surface area contributed by atoms with Crippen molar-refractivity contribution in [1.82, 2.24) is 4.98 Å². The lowest BCUT2D eigenvalue weighted by molar-refractivity contribution is 0.0697. The van der Waals surface area contributed by atoms with Crippen molar-refractivity contribution in [3.05, 3.63) is 58.9 Å². The van der Waals surface area contributed by atoms with Gasteiger partial charge in [-0.3, -0.25) is 9.78 Å². The summed E-state index contributed by atoms with van der Waals surface area (Å²) in [5.74, 6) is -1.46. The second-order valence-electron chi connectivity index (χ2n) is 3.70. The number of benzene rings is 1. The molecule has 0 fully saturated rings. The van der Waals surface area contributed by atoms with E-state index in [0.717, 1.165) is 0 Å². The summed E-state index contributed by atoms with van der Waals surface area (Å²) in [7, 11) is 0. The zero-order valence-electron chi connectivity index (χ0n) is 9.63. The van der Waals surface area contributed by atoms with Crippen LogP contribution < -0.4 is 5.32 Å². The van der Waals surface area contributed by atoms with E-state index in [1.165, 1.54) is 24.4 Å². The fourth-order valence-electron chi connectivity index (χ4n) is 1.47. The Morgan fingerprint density at radius 3 is 2.63 bits per heavy atom. The highest BCUT2D eigenvalue weighted by molar-refractivity contribution is 6.33. The topological polar surface area (TPSA) is 79.3 Å². The maximum absolute atomic E-state index is 11.8. The molecule has 0 aliphatic rings. The molecule has 0 bridgehead atoms. The van der Waals surface area contributed by atoms with E-state index >= 15 is 0 Å². The predicted octanol–water partition coefficient (Wildman–Crippen LogP) is 2.69. The molecule has 2 rings (SSSR count). The number of carboxylic acid groups (broad SMARTS) is 1. The molecule has 1 heterocycles. The highest BCUT2D eigenvalue weighted by atomic mass is 35.5. The third-order valence-corrected chi connectivity index (χ3v) is 2.69. The van der Waals surface area contributed by atoms with Gasteiger partial charge in [0.05, 0.1) is 16.1 Å². The summed E-state index contributed by atoms with van der Waals surface area (Å²) in [4.78, 5) is 26.5. The van der Waals surface area contributed by atoms with Gasteiger partial charge in [-0.25, -0.2) is 4.79 Å². The van der Waals surface area contributed by atoms with Crippen molar-refractivity contribution in [3.8, 4) is 0 Å². The Balaban J connectivity index is 2.19. The van der Waals surface area contributed by atoms with Gasteiger partial charge in [-0.05, 0) is 30.3 Å². The van der Waals surface area contributed by atoms with Crippen LogP contribution in [0.2, 0.25) is 5.02 Å². The van der Waals surface area contributed by atoms with Gasteiger partial charge in [0.25, 0.3) is 5.91 Å². The number of carboxylic acids is 1. The van der Waals surface area contributed by atoms with Gasteiger partial charge in [0.2, 0.25) is 0 Å². The van der Waals surface area contributed by atoms with Gasteiger partial charge in [0.15, 0.2) is 0 Å². The Hall–Kier alpha value is -2.40. The lowest BCUT2D eigenvalue weighted by atomic mass is 10.2. The molecule has 6 heteroatoms. The van der Waals surface area contributed by atoms with Crippen molar-refractivity contribution in [2.24, 2.45) is 0 Å². The second-order valence-corrected chi connectivity index (χ2v) is 4.10. The van der Waals surface area contributed by atoms with Crippen LogP contribution in [0.4, 0.5) is 5.69 Å². The minimum atomic E-state index is -1.12. The van der Waals surface area contributed by atoms with Crippen LogP contribution in [-0.4, -0.2) is 22.0 Å². The van der Waals surface area contributed by atoms with Crippen LogP contribution in [-0.2, 0) is 0 Å². The molecule has 19 heavy (non-hydrogen) atoms. The Kier molecular flexibility index (Phi) is 3.77. The van der Waals surface area contributed by atoms with Crippen LogP contribution in [0.25, 0.3) is 0 Å². The van der Waals surface area contributed by atoms with Crippen LogP contribution in [0.1, 0.15) is 20.7 Å². The van der Waals surface area contributed by atoms with Crippen LogP contribution in [0.3, 0.4) is 0 Å². The first kappa shape index (κ1) is 13.0. The van der Waals surface area contributed by atoms with E-state index in [1.54, 1.807) is 18.3 Å². The minimum absolute atomic E-state index is 0.0129. The number of aromatic carboxylic acids is 1. The number of anilines is 1. The van der Waals surface area contributed by atoms with Gasteiger partial charge in [-0.2, -0.15) is 0 Å². The van der Waals surface area contributed by atoms with E-state index < -0.39 is 5.97 Å². The number of carbonyl (C=O) groups is 2. The summed E-state index contributed by atoms with van der Waals surface area (Å²) in [6, 6.07) is 7.47. The van der Waals surface area contributed by atoms with Crippen molar-refractivity contribution >= 4 is 29.2 Å². The number of amides is 1. The maximum Gasteiger partial charge on any atom is 0.337 e. The van der Waals surface area contributed by atoms with E-state index in [1.807, 2.05) is 0 Å². The SMILES string of the molecule is O=C(Nc1ccc(C(=O)O)c(Cl)c1)c1cccnc1. The summed E-state index contributed by atoms with van der Waals surface area (Å²) >= 11 is 5.81. The second kappa shape index (κ2) is 5.49.